The number of aryl methyl sites for hydroxylation is 2. The molecule has 0 spiro atoms. The zero-order valence-electron chi connectivity index (χ0n) is 10.9. The molecule has 1 heterocycles. The molecule has 0 bridgehead atoms. The van der Waals surface area contributed by atoms with Crippen molar-refractivity contribution in [1.29, 1.82) is 5.26 Å². The molecule has 0 N–H and O–H groups in total. The van der Waals surface area contributed by atoms with Gasteiger partial charge in [0.05, 0.1) is 6.07 Å². The number of sulfonamides is 1. The van der Waals surface area contributed by atoms with Crippen molar-refractivity contribution in [2.45, 2.75) is 38.3 Å². The van der Waals surface area contributed by atoms with Crippen LogP contribution in [0.25, 0.3) is 0 Å². The van der Waals surface area contributed by atoms with Crippen molar-refractivity contribution in [2.24, 2.45) is 0 Å². The van der Waals surface area contributed by atoms with E-state index in [-0.39, 0.29) is 18.0 Å². The summed E-state index contributed by atoms with van der Waals surface area (Å²) in [5.41, 5.74) is 0. The molecular formula is C11H18N4O2S. The summed E-state index contributed by atoms with van der Waals surface area (Å²) >= 11 is 0. The second-order valence-corrected chi connectivity index (χ2v) is 6.05. The van der Waals surface area contributed by atoms with Crippen LogP contribution >= 0.6 is 0 Å². The van der Waals surface area contributed by atoms with E-state index in [1.165, 1.54) is 7.05 Å². The Morgan fingerprint density at radius 3 is 2.78 bits per heavy atom. The van der Waals surface area contributed by atoms with E-state index in [1.54, 1.807) is 13.1 Å². The third-order valence-electron chi connectivity index (χ3n) is 2.63. The van der Waals surface area contributed by atoms with Crippen molar-refractivity contribution in [3.05, 3.63) is 12.0 Å². The van der Waals surface area contributed by atoms with Crippen LogP contribution in [-0.4, -0.2) is 35.9 Å². The van der Waals surface area contributed by atoms with Crippen LogP contribution in [0, 0.1) is 18.3 Å². The molecule has 6 nitrogen and oxygen atoms in total. The lowest BCUT2D eigenvalue weighted by atomic mass is 10.5. The van der Waals surface area contributed by atoms with E-state index in [9.17, 15) is 8.42 Å². The zero-order chi connectivity index (χ0) is 13.8. The van der Waals surface area contributed by atoms with E-state index in [0.29, 0.717) is 5.82 Å². The maximum atomic E-state index is 12.1. The lowest BCUT2D eigenvalue weighted by molar-refractivity contribution is 0.473. The molecule has 1 rings (SSSR count). The number of nitrogens with zero attached hydrogens (tertiary/aromatic N) is 4. The van der Waals surface area contributed by atoms with Gasteiger partial charge < -0.3 is 4.57 Å². The second kappa shape index (κ2) is 5.98. The number of imidazole rings is 1. The van der Waals surface area contributed by atoms with Crippen molar-refractivity contribution in [3.63, 3.8) is 0 Å². The Balaban J connectivity index is 2.98. The molecule has 0 saturated heterocycles. The van der Waals surface area contributed by atoms with E-state index in [2.05, 4.69) is 4.98 Å². The summed E-state index contributed by atoms with van der Waals surface area (Å²) in [7, 11) is -2.12. The van der Waals surface area contributed by atoms with Gasteiger partial charge in [-0.25, -0.2) is 13.4 Å². The van der Waals surface area contributed by atoms with Gasteiger partial charge in [-0.3, -0.25) is 0 Å². The number of nitriles is 1. The van der Waals surface area contributed by atoms with Crippen LogP contribution in [0.2, 0.25) is 0 Å². The van der Waals surface area contributed by atoms with Crippen molar-refractivity contribution in [1.82, 2.24) is 13.9 Å². The molecule has 0 fully saturated rings. The molecule has 0 atom stereocenters. The normalized spacial score (nSPS) is 11.7. The van der Waals surface area contributed by atoms with Gasteiger partial charge in [0.1, 0.15) is 5.82 Å². The summed E-state index contributed by atoms with van der Waals surface area (Å²) in [6.07, 6.45) is 2.64. The maximum Gasteiger partial charge on any atom is 0.261 e. The number of aromatic nitrogens is 2. The van der Waals surface area contributed by atoms with Gasteiger partial charge in [0.2, 0.25) is 0 Å². The van der Waals surface area contributed by atoms with Crippen molar-refractivity contribution in [3.8, 4) is 6.07 Å². The van der Waals surface area contributed by atoms with E-state index < -0.39 is 10.0 Å². The fourth-order valence-electron chi connectivity index (χ4n) is 1.56. The molecule has 0 aliphatic carbocycles. The third kappa shape index (κ3) is 3.09. The van der Waals surface area contributed by atoms with Crippen LogP contribution < -0.4 is 0 Å². The molecule has 0 saturated carbocycles. The summed E-state index contributed by atoms with van der Waals surface area (Å²) < 4.78 is 27.3. The van der Waals surface area contributed by atoms with Gasteiger partial charge in [0.25, 0.3) is 10.0 Å². The first-order chi connectivity index (χ1) is 8.43. The highest BCUT2D eigenvalue weighted by Gasteiger charge is 2.24. The molecule has 0 aliphatic rings. The Morgan fingerprint density at radius 2 is 2.22 bits per heavy atom. The van der Waals surface area contributed by atoms with Crippen molar-refractivity contribution >= 4 is 10.0 Å². The molecule has 0 amide bonds. The predicted molar refractivity (Wildman–Crippen MR) is 67.3 cm³/mol. The smallest absolute Gasteiger partial charge is 0.261 e. The Morgan fingerprint density at radius 1 is 1.56 bits per heavy atom. The zero-order valence-corrected chi connectivity index (χ0v) is 11.7. The van der Waals surface area contributed by atoms with Crippen LogP contribution in [0.3, 0.4) is 0 Å². The minimum atomic E-state index is -3.58. The molecule has 100 valence electrons. The van der Waals surface area contributed by atoms with E-state index in [0.717, 1.165) is 17.3 Å². The summed E-state index contributed by atoms with van der Waals surface area (Å²) in [5, 5.41) is 8.53. The molecule has 0 aromatic carbocycles. The highest BCUT2D eigenvalue weighted by Crippen LogP contribution is 2.14. The first-order valence-electron chi connectivity index (χ1n) is 5.80. The van der Waals surface area contributed by atoms with Crippen molar-refractivity contribution < 1.29 is 8.42 Å². The lowest BCUT2D eigenvalue weighted by Gasteiger charge is -2.13. The Hall–Kier alpha value is -1.39. The van der Waals surface area contributed by atoms with Gasteiger partial charge in [-0.2, -0.15) is 9.57 Å². The van der Waals surface area contributed by atoms with Gasteiger partial charge in [0.15, 0.2) is 5.03 Å². The first kappa shape index (κ1) is 14.7. The average molecular weight is 270 g/mol. The molecule has 0 aliphatic heterocycles. The quantitative estimate of drug-likeness (QED) is 0.776. The van der Waals surface area contributed by atoms with Gasteiger partial charge in [-0.15, -0.1) is 0 Å². The maximum absolute atomic E-state index is 12.1. The molecule has 1 aromatic rings. The fraction of sp³-hybridized carbons (Fsp3) is 0.636. The minimum absolute atomic E-state index is 0.0499. The fourth-order valence-corrected chi connectivity index (χ4v) is 2.72. The topological polar surface area (TPSA) is 79.0 Å². The van der Waals surface area contributed by atoms with Crippen LogP contribution in [0.15, 0.2) is 11.2 Å². The van der Waals surface area contributed by atoms with Gasteiger partial charge in [0, 0.05) is 32.8 Å². The van der Waals surface area contributed by atoms with Crippen LogP contribution in [0.4, 0.5) is 0 Å². The minimum Gasteiger partial charge on any atom is -0.334 e. The SMILES string of the molecule is CCCn1cc(S(=O)(=O)N(C)CCC#N)nc1C. The first-order valence-corrected chi connectivity index (χ1v) is 7.24. The monoisotopic (exact) mass is 270 g/mol. The highest BCUT2D eigenvalue weighted by molar-refractivity contribution is 7.89. The van der Waals surface area contributed by atoms with E-state index in [1.807, 2.05) is 17.6 Å². The summed E-state index contributed by atoms with van der Waals surface area (Å²) in [6.45, 7) is 4.73. The molecule has 7 heteroatoms. The average Bonchev–Trinajstić information content (AvgIpc) is 2.69. The lowest BCUT2D eigenvalue weighted by Crippen LogP contribution is -2.28. The summed E-state index contributed by atoms with van der Waals surface area (Å²) in [5.74, 6) is 0.684. The summed E-state index contributed by atoms with van der Waals surface area (Å²) in [4.78, 5) is 4.08. The van der Waals surface area contributed by atoms with E-state index in [4.69, 9.17) is 5.26 Å². The number of hydrogen-bond donors (Lipinski definition) is 0. The van der Waals surface area contributed by atoms with Crippen LogP contribution in [0.5, 0.6) is 0 Å². The van der Waals surface area contributed by atoms with Gasteiger partial charge in [-0.1, -0.05) is 6.92 Å². The Bertz CT molecular complexity index is 542. The van der Waals surface area contributed by atoms with Gasteiger partial charge in [-0.05, 0) is 13.3 Å². The third-order valence-corrected chi connectivity index (χ3v) is 4.36. The van der Waals surface area contributed by atoms with Gasteiger partial charge >= 0.3 is 0 Å². The predicted octanol–water partition coefficient (Wildman–Crippen LogP) is 1.14. The molecule has 1 aromatic heterocycles. The second-order valence-electron chi connectivity index (χ2n) is 4.05. The standard InChI is InChI=1S/C11H18N4O2S/c1-4-7-15-9-11(13-10(15)2)18(16,17)14(3)8-5-6-12/h9H,4-5,7-8H2,1-3H3. The Labute approximate surface area is 108 Å². The number of rotatable bonds is 6. The molecule has 0 radical (unpaired) electrons. The highest BCUT2D eigenvalue weighted by atomic mass is 32.2. The molecule has 0 unspecified atom stereocenters. The number of hydrogen-bond acceptors (Lipinski definition) is 4. The van der Waals surface area contributed by atoms with Crippen molar-refractivity contribution in [2.75, 3.05) is 13.6 Å². The Kier molecular flexibility index (Phi) is 4.87. The summed E-state index contributed by atoms with van der Waals surface area (Å²) in [6, 6.07) is 1.93. The van der Waals surface area contributed by atoms with E-state index >= 15 is 0 Å². The molecular weight excluding hydrogens is 252 g/mol. The largest absolute Gasteiger partial charge is 0.334 e. The van der Waals surface area contributed by atoms with Crippen LogP contribution in [-0.2, 0) is 16.6 Å². The molecule has 18 heavy (non-hydrogen) atoms. The van der Waals surface area contributed by atoms with Crippen LogP contribution in [0.1, 0.15) is 25.6 Å².